The van der Waals surface area contributed by atoms with E-state index in [4.69, 9.17) is 5.73 Å². The lowest BCUT2D eigenvalue weighted by atomic mass is 9.90. The highest BCUT2D eigenvalue weighted by molar-refractivity contribution is 5.20. The highest BCUT2D eigenvalue weighted by Gasteiger charge is 2.26. The third kappa shape index (κ3) is 4.96. The molecule has 0 aliphatic carbocycles. The van der Waals surface area contributed by atoms with E-state index in [1.54, 1.807) is 0 Å². The van der Waals surface area contributed by atoms with Gasteiger partial charge < -0.3 is 10.6 Å². The van der Waals surface area contributed by atoms with Crippen LogP contribution in [0.25, 0.3) is 0 Å². The minimum atomic E-state index is 0.0906. The molecule has 0 heterocycles. The Morgan fingerprint density at radius 1 is 1.11 bits per heavy atom. The Hall–Kier alpha value is -0.860. The average molecular weight is 262 g/mol. The SMILES string of the molecule is CCCCCN(C)C(C(C)C)C(N)c1ccccc1. The second-order valence-corrected chi connectivity index (χ2v) is 5.86. The van der Waals surface area contributed by atoms with E-state index in [2.05, 4.69) is 57.0 Å². The quantitative estimate of drug-likeness (QED) is 0.721. The van der Waals surface area contributed by atoms with Gasteiger partial charge in [0, 0.05) is 12.1 Å². The number of nitrogens with zero attached hydrogens (tertiary/aromatic N) is 1. The lowest BCUT2D eigenvalue weighted by Crippen LogP contribution is -2.44. The molecule has 0 aliphatic rings. The van der Waals surface area contributed by atoms with E-state index in [1.807, 2.05) is 6.07 Å². The highest BCUT2D eigenvalue weighted by Crippen LogP contribution is 2.24. The average Bonchev–Trinajstić information content (AvgIpc) is 2.39. The minimum absolute atomic E-state index is 0.0906. The van der Waals surface area contributed by atoms with Gasteiger partial charge in [-0.25, -0.2) is 0 Å². The zero-order valence-corrected chi connectivity index (χ0v) is 13.0. The number of hydrogen-bond acceptors (Lipinski definition) is 2. The molecule has 19 heavy (non-hydrogen) atoms. The smallest absolute Gasteiger partial charge is 0.0455 e. The molecule has 1 aromatic carbocycles. The molecule has 2 atom stereocenters. The molecular weight excluding hydrogens is 232 g/mol. The Labute approximate surface area is 119 Å². The summed E-state index contributed by atoms with van der Waals surface area (Å²) in [7, 11) is 2.21. The molecule has 0 bridgehead atoms. The summed E-state index contributed by atoms with van der Waals surface area (Å²) < 4.78 is 0. The molecule has 108 valence electrons. The van der Waals surface area contributed by atoms with Crippen molar-refractivity contribution in [2.75, 3.05) is 13.6 Å². The normalized spacial score (nSPS) is 14.9. The number of likely N-dealkylation sites (N-methyl/N-ethyl adjacent to an activating group) is 1. The van der Waals surface area contributed by atoms with Crippen molar-refractivity contribution in [3.8, 4) is 0 Å². The maximum Gasteiger partial charge on any atom is 0.0455 e. The summed E-state index contributed by atoms with van der Waals surface area (Å²) in [5.74, 6) is 0.557. The second kappa shape index (κ2) is 8.34. The van der Waals surface area contributed by atoms with Gasteiger partial charge in [-0.2, -0.15) is 0 Å². The molecule has 0 fully saturated rings. The van der Waals surface area contributed by atoms with E-state index in [0.29, 0.717) is 12.0 Å². The van der Waals surface area contributed by atoms with Crippen LogP contribution in [0.1, 0.15) is 51.6 Å². The zero-order chi connectivity index (χ0) is 14.3. The summed E-state index contributed by atoms with van der Waals surface area (Å²) in [5, 5.41) is 0. The Morgan fingerprint density at radius 2 is 1.74 bits per heavy atom. The molecule has 0 saturated heterocycles. The first-order valence-corrected chi connectivity index (χ1v) is 7.58. The molecule has 2 unspecified atom stereocenters. The van der Waals surface area contributed by atoms with Gasteiger partial charge in [0.15, 0.2) is 0 Å². The van der Waals surface area contributed by atoms with Crippen molar-refractivity contribution in [1.29, 1.82) is 0 Å². The summed E-state index contributed by atoms with van der Waals surface area (Å²) in [4.78, 5) is 2.44. The van der Waals surface area contributed by atoms with E-state index in [0.717, 1.165) is 6.54 Å². The third-order valence-corrected chi connectivity index (χ3v) is 3.86. The number of nitrogens with two attached hydrogens (primary N) is 1. The molecule has 2 heteroatoms. The van der Waals surface area contributed by atoms with Crippen LogP contribution in [0.4, 0.5) is 0 Å². The van der Waals surface area contributed by atoms with Gasteiger partial charge in [0.25, 0.3) is 0 Å². The Balaban J connectivity index is 2.71. The van der Waals surface area contributed by atoms with Gasteiger partial charge in [0.2, 0.25) is 0 Å². The maximum atomic E-state index is 6.50. The van der Waals surface area contributed by atoms with Gasteiger partial charge in [-0.1, -0.05) is 63.9 Å². The predicted octanol–water partition coefficient (Wildman–Crippen LogP) is 3.83. The van der Waals surface area contributed by atoms with Crippen molar-refractivity contribution in [3.05, 3.63) is 35.9 Å². The molecule has 2 N–H and O–H groups in total. The van der Waals surface area contributed by atoms with Gasteiger partial charge >= 0.3 is 0 Å². The molecule has 0 aromatic heterocycles. The van der Waals surface area contributed by atoms with Crippen molar-refractivity contribution in [1.82, 2.24) is 4.90 Å². The van der Waals surface area contributed by atoms with Gasteiger partial charge in [0.1, 0.15) is 0 Å². The van der Waals surface area contributed by atoms with Gasteiger partial charge in [-0.3, -0.25) is 0 Å². The lowest BCUT2D eigenvalue weighted by Gasteiger charge is -2.36. The molecule has 0 radical (unpaired) electrons. The molecular formula is C17H30N2. The van der Waals surface area contributed by atoms with Crippen molar-refractivity contribution >= 4 is 0 Å². The molecule has 0 amide bonds. The van der Waals surface area contributed by atoms with Gasteiger partial charge in [-0.15, -0.1) is 0 Å². The number of unbranched alkanes of at least 4 members (excludes halogenated alkanes) is 2. The van der Waals surface area contributed by atoms with E-state index in [1.165, 1.54) is 24.8 Å². The first kappa shape index (κ1) is 16.2. The largest absolute Gasteiger partial charge is 0.323 e. The molecule has 0 aliphatic heterocycles. The zero-order valence-electron chi connectivity index (χ0n) is 13.0. The van der Waals surface area contributed by atoms with Crippen LogP contribution in [0, 0.1) is 5.92 Å². The second-order valence-electron chi connectivity index (χ2n) is 5.86. The van der Waals surface area contributed by atoms with Crippen molar-refractivity contribution in [2.45, 2.75) is 52.1 Å². The van der Waals surface area contributed by atoms with Crippen LogP contribution >= 0.6 is 0 Å². The van der Waals surface area contributed by atoms with Crippen LogP contribution in [0.2, 0.25) is 0 Å². The summed E-state index contributed by atoms with van der Waals surface area (Å²) in [6.45, 7) is 7.92. The van der Waals surface area contributed by atoms with E-state index in [-0.39, 0.29) is 6.04 Å². The standard InChI is InChI=1S/C17H30N2/c1-5-6-10-13-19(4)17(14(2)3)16(18)15-11-8-7-9-12-15/h7-9,11-12,14,16-17H,5-6,10,13,18H2,1-4H3. The fourth-order valence-corrected chi connectivity index (χ4v) is 2.83. The van der Waals surface area contributed by atoms with Crippen molar-refractivity contribution in [3.63, 3.8) is 0 Å². The maximum absolute atomic E-state index is 6.50. The van der Waals surface area contributed by atoms with Crippen LogP contribution in [0.3, 0.4) is 0 Å². The number of rotatable bonds is 8. The van der Waals surface area contributed by atoms with Crippen molar-refractivity contribution < 1.29 is 0 Å². The molecule has 2 nitrogen and oxygen atoms in total. The third-order valence-electron chi connectivity index (χ3n) is 3.86. The van der Waals surface area contributed by atoms with Crippen LogP contribution < -0.4 is 5.73 Å². The van der Waals surface area contributed by atoms with Crippen LogP contribution in [0.5, 0.6) is 0 Å². The Kier molecular flexibility index (Phi) is 7.11. The molecule has 1 aromatic rings. The van der Waals surface area contributed by atoms with Crippen LogP contribution in [-0.4, -0.2) is 24.5 Å². The van der Waals surface area contributed by atoms with Gasteiger partial charge in [0.05, 0.1) is 0 Å². The topological polar surface area (TPSA) is 29.3 Å². The summed E-state index contributed by atoms with van der Waals surface area (Å²) in [6, 6.07) is 11.0. The predicted molar refractivity (Wildman–Crippen MR) is 84.2 cm³/mol. The van der Waals surface area contributed by atoms with Crippen molar-refractivity contribution in [2.24, 2.45) is 11.7 Å². The van der Waals surface area contributed by atoms with E-state index in [9.17, 15) is 0 Å². The van der Waals surface area contributed by atoms with E-state index >= 15 is 0 Å². The fraction of sp³-hybridized carbons (Fsp3) is 0.647. The molecule has 0 saturated carbocycles. The monoisotopic (exact) mass is 262 g/mol. The highest BCUT2D eigenvalue weighted by atomic mass is 15.1. The summed E-state index contributed by atoms with van der Waals surface area (Å²) in [6.07, 6.45) is 3.83. The fourth-order valence-electron chi connectivity index (χ4n) is 2.83. The summed E-state index contributed by atoms with van der Waals surface area (Å²) in [5.41, 5.74) is 7.74. The number of hydrogen-bond donors (Lipinski definition) is 1. The summed E-state index contributed by atoms with van der Waals surface area (Å²) >= 11 is 0. The molecule has 0 spiro atoms. The van der Waals surface area contributed by atoms with Crippen LogP contribution in [-0.2, 0) is 0 Å². The first-order chi connectivity index (χ1) is 9.07. The molecule has 1 rings (SSSR count). The Bertz CT molecular complexity index is 334. The van der Waals surface area contributed by atoms with Crippen LogP contribution in [0.15, 0.2) is 30.3 Å². The lowest BCUT2D eigenvalue weighted by molar-refractivity contribution is 0.160. The Morgan fingerprint density at radius 3 is 2.26 bits per heavy atom. The first-order valence-electron chi connectivity index (χ1n) is 7.58. The van der Waals surface area contributed by atoms with E-state index < -0.39 is 0 Å². The van der Waals surface area contributed by atoms with Gasteiger partial charge in [-0.05, 0) is 31.5 Å². The number of benzene rings is 1. The minimum Gasteiger partial charge on any atom is -0.323 e.